The van der Waals surface area contributed by atoms with Crippen LogP contribution in [-0.2, 0) is 6.18 Å². The zero-order valence-electron chi connectivity index (χ0n) is 13.5. The fourth-order valence-electron chi connectivity index (χ4n) is 2.47. The van der Waals surface area contributed by atoms with Crippen molar-refractivity contribution in [3.8, 4) is 5.69 Å². The second-order valence-electron chi connectivity index (χ2n) is 5.54. The van der Waals surface area contributed by atoms with Crippen molar-refractivity contribution in [2.45, 2.75) is 13.1 Å². The van der Waals surface area contributed by atoms with Crippen LogP contribution in [0.4, 0.5) is 23.2 Å². The fraction of sp³-hybridized carbons (Fsp3) is 0.111. The van der Waals surface area contributed by atoms with Crippen molar-refractivity contribution in [1.82, 2.24) is 9.78 Å². The summed E-state index contributed by atoms with van der Waals surface area (Å²) in [4.78, 5) is 12.4. The molecule has 1 heterocycles. The highest BCUT2D eigenvalue weighted by Crippen LogP contribution is 2.30. The van der Waals surface area contributed by atoms with Crippen LogP contribution < -0.4 is 5.32 Å². The Bertz CT molecular complexity index is 963. The van der Waals surface area contributed by atoms with Gasteiger partial charge in [0, 0.05) is 5.69 Å². The van der Waals surface area contributed by atoms with Gasteiger partial charge in [-0.3, -0.25) is 4.79 Å². The Hall–Kier alpha value is -3.16. The van der Waals surface area contributed by atoms with E-state index in [0.29, 0.717) is 5.69 Å². The molecule has 0 saturated heterocycles. The Balaban J connectivity index is 1.87. The average molecular weight is 363 g/mol. The van der Waals surface area contributed by atoms with E-state index in [2.05, 4.69) is 10.4 Å². The van der Waals surface area contributed by atoms with Crippen LogP contribution in [0.1, 0.15) is 21.6 Å². The van der Waals surface area contributed by atoms with Gasteiger partial charge in [0.05, 0.1) is 23.0 Å². The standard InChI is InChI=1S/C18H13F4N3O/c1-11-14(10-23-25(11)16-8-3-2-7-15(16)19)17(26)24-13-6-4-5-12(9-13)18(20,21)22/h2-10H,1H3,(H,24,26). The predicted octanol–water partition coefficient (Wildman–Crippen LogP) is 4.59. The number of hydrogen-bond donors (Lipinski definition) is 1. The number of nitrogens with one attached hydrogen (secondary N) is 1. The molecule has 1 aromatic heterocycles. The average Bonchev–Trinajstić information content (AvgIpc) is 2.96. The maximum Gasteiger partial charge on any atom is 0.416 e. The molecule has 8 heteroatoms. The van der Waals surface area contributed by atoms with Gasteiger partial charge >= 0.3 is 6.18 Å². The molecular formula is C18H13F4N3O. The number of para-hydroxylation sites is 1. The predicted molar refractivity (Wildman–Crippen MR) is 87.7 cm³/mol. The second-order valence-corrected chi connectivity index (χ2v) is 5.54. The zero-order chi connectivity index (χ0) is 18.9. The minimum atomic E-state index is -4.51. The Morgan fingerprint density at radius 2 is 1.85 bits per heavy atom. The van der Waals surface area contributed by atoms with Crippen LogP contribution in [0.2, 0.25) is 0 Å². The van der Waals surface area contributed by atoms with Gasteiger partial charge in [-0.15, -0.1) is 0 Å². The number of hydrogen-bond acceptors (Lipinski definition) is 2. The first-order chi connectivity index (χ1) is 12.3. The van der Waals surface area contributed by atoms with Crippen molar-refractivity contribution < 1.29 is 22.4 Å². The summed E-state index contributed by atoms with van der Waals surface area (Å²) in [7, 11) is 0. The van der Waals surface area contributed by atoms with Gasteiger partial charge in [-0.1, -0.05) is 18.2 Å². The highest BCUT2D eigenvalue weighted by atomic mass is 19.4. The maximum absolute atomic E-state index is 13.9. The minimum Gasteiger partial charge on any atom is -0.322 e. The molecule has 0 saturated carbocycles. The second kappa shape index (κ2) is 6.62. The lowest BCUT2D eigenvalue weighted by molar-refractivity contribution is -0.137. The summed E-state index contributed by atoms with van der Waals surface area (Å²) < 4.78 is 53.4. The molecule has 0 atom stereocenters. The summed E-state index contributed by atoms with van der Waals surface area (Å²) >= 11 is 0. The van der Waals surface area contributed by atoms with E-state index in [0.717, 1.165) is 12.1 Å². The lowest BCUT2D eigenvalue weighted by Crippen LogP contribution is -2.14. The highest BCUT2D eigenvalue weighted by Gasteiger charge is 2.30. The smallest absolute Gasteiger partial charge is 0.322 e. The molecular weight excluding hydrogens is 350 g/mol. The van der Waals surface area contributed by atoms with Crippen molar-refractivity contribution in [3.63, 3.8) is 0 Å². The molecule has 0 unspecified atom stereocenters. The number of halogens is 4. The minimum absolute atomic E-state index is 0.00265. The molecule has 1 N–H and O–H groups in total. The number of amides is 1. The lowest BCUT2D eigenvalue weighted by atomic mass is 10.2. The van der Waals surface area contributed by atoms with Crippen LogP contribution in [0.25, 0.3) is 5.69 Å². The van der Waals surface area contributed by atoms with Gasteiger partial charge in [0.15, 0.2) is 0 Å². The molecule has 0 spiro atoms. The van der Waals surface area contributed by atoms with E-state index in [9.17, 15) is 22.4 Å². The first-order valence-corrected chi connectivity index (χ1v) is 7.55. The number of rotatable bonds is 3. The van der Waals surface area contributed by atoms with E-state index in [1.54, 1.807) is 13.0 Å². The quantitative estimate of drug-likeness (QED) is 0.692. The van der Waals surface area contributed by atoms with Crippen LogP contribution in [-0.4, -0.2) is 15.7 Å². The molecule has 1 amide bonds. The number of alkyl halides is 3. The summed E-state index contributed by atoms with van der Waals surface area (Å²) in [5.74, 6) is -1.15. The lowest BCUT2D eigenvalue weighted by Gasteiger charge is -2.10. The van der Waals surface area contributed by atoms with E-state index >= 15 is 0 Å². The first-order valence-electron chi connectivity index (χ1n) is 7.55. The SMILES string of the molecule is Cc1c(C(=O)Nc2cccc(C(F)(F)F)c2)cnn1-c1ccccc1F. The first kappa shape index (κ1) is 17.7. The van der Waals surface area contributed by atoms with E-state index in [-0.39, 0.29) is 16.9 Å². The van der Waals surface area contributed by atoms with Crippen molar-refractivity contribution in [1.29, 1.82) is 0 Å². The van der Waals surface area contributed by atoms with E-state index in [4.69, 9.17) is 0 Å². The van der Waals surface area contributed by atoms with Gasteiger partial charge in [-0.2, -0.15) is 18.3 Å². The van der Waals surface area contributed by atoms with Crippen LogP contribution in [0.5, 0.6) is 0 Å². The zero-order valence-corrected chi connectivity index (χ0v) is 13.5. The number of aromatic nitrogens is 2. The highest BCUT2D eigenvalue weighted by molar-refractivity contribution is 6.05. The third-order valence-corrected chi connectivity index (χ3v) is 3.78. The normalized spacial score (nSPS) is 11.4. The van der Waals surface area contributed by atoms with Gasteiger partial charge in [0.2, 0.25) is 0 Å². The molecule has 0 bridgehead atoms. The van der Waals surface area contributed by atoms with Crippen LogP contribution in [0.15, 0.2) is 54.7 Å². The Morgan fingerprint density at radius 1 is 1.12 bits per heavy atom. The molecule has 0 aliphatic heterocycles. The molecule has 134 valence electrons. The summed E-state index contributed by atoms with van der Waals surface area (Å²) in [5, 5.41) is 6.41. The van der Waals surface area contributed by atoms with Gasteiger partial charge < -0.3 is 5.32 Å². The fourth-order valence-corrected chi connectivity index (χ4v) is 2.47. The van der Waals surface area contributed by atoms with Gasteiger partial charge in [-0.05, 0) is 37.3 Å². The maximum atomic E-state index is 13.9. The summed E-state index contributed by atoms with van der Waals surface area (Å²) in [5.41, 5.74) is -0.203. The number of nitrogens with zero attached hydrogens (tertiary/aromatic N) is 2. The Kier molecular flexibility index (Phi) is 4.50. The Morgan fingerprint density at radius 3 is 2.54 bits per heavy atom. The van der Waals surface area contributed by atoms with Crippen LogP contribution >= 0.6 is 0 Å². The molecule has 0 aliphatic carbocycles. The number of anilines is 1. The molecule has 2 aromatic carbocycles. The number of carbonyl (C=O) groups is 1. The summed E-state index contributed by atoms with van der Waals surface area (Å²) in [6.07, 6.45) is -3.27. The number of benzene rings is 2. The molecule has 0 radical (unpaired) electrons. The molecule has 3 aromatic rings. The Labute approximate surface area is 146 Å². The van der Waals surface area contributed by atoms with Crippen molar-refractivity contribution >= 4 is 11.6 Å². The molecule has 26 heavy (non-hydrogen) atoms. The summed E-state index contributed by atoms with van der Waals surface area (Å²) in [6.45, 7) is 1.57. The van der Waals surface area contributed by atoms with Crippen LogP contribution in [0, 0.1) is 12.7 Å². The monoisotopic (exact) mass is 363 g/mol. The van der Waals surface area contributed by atoms with Gasteiger partial charge in [0.1, 0.15) is 11.5 Å². The van der Waals surface area contributed by atoms with Crippen LogP contribution in [0.3, 0.4) is 0 Å². The molecule has 0 fully saturated rings. The van der Waals surface area contributed by atoms with Gasteiger partial charge in [0.25, 0.3) is 5.91 Å². The number of carbonyl (C=O) groups excluding carboxylic acids is 1. The van der Waals surface area contributed by atoms with E-state index in [1.807, 2.05) is 0 Å². The summed E-state index contributed by atoms with van der Waals surface area (Å²) in [6, 6.07) is 10.2. The molecule has 0 aliphatic rings. The van der Waals surface area contributed by atoms with Crippen molar-refractivity contribution in [2.24, 2.45) is 0 Å². The van der Waals surface area contributed by atoms with Crippen molar-refractivity contribution in [2.75, 3.05) is 5.32 Å². The van der Waals surface area contributed by atoms with Gasteiger partial charge in [-0.25, -0.2) is 9.07 Å². The third-order valence-electron chi connectivity index (χ3n) is 3.78. The molecule has 3 rings (SSSR count). The van der Waals surface area contributed by atoms with E-state index in [1.165, 1.54) is 41.2 Å². The van der Waals surface area contributed by atoms with Crippen molar-refractivity contribution in [3.05, 3.63) is 77.4 Å². The van der Waals surface area contributed by atoms with E-state index < -0.39 is 23.5 Å². The third kappa shape index (κ3) is 3.44. The largest absolute Gasteiger partial charge is 0.416 e. The molecule has 4 nitrogen and oxygen atoms in total. The topological polar surface area (TPSA) is 46.9 Å².